The van der Waals surface area contributed by atoms with E-state index in [0.29, 0.717) is 5.56 Å². The Bertz CT molecular complexity index is 543. The van der Waals surface area contributed by atoms with Crippen molar-refractivity contribution in [3.05, 3.63) is 39.9 Å². The maximum Gasteiger partial charge on any atom is 0.345 e. The molecule has 1 aromatic carbocycles. The van der Waals surface area contributed by atoms with E-state index in [1.165, 1.54) is 24.3 Å². The van der Waals surface area contributed by atoms with Gasteiger partial charge in [0.05, 0.1) is 11.5 Å². The summed E-state index contributed by atoms with van der Waals surface area (Å²) in [5.41, 5.74) is 0.487. The number of rotatable bonds is 6. The zero-order valence-electron chi connectivity index (χ0n) is 10.9. The van der Waals surface area contributed by atoms with Crippen LogP contribution in [0.25, 0.3) is 0 Å². The number of benzene rings is 1. The van der Waals surface area contributed by atoms with Gasteiger partial charge in [0.15, 0.2) is 0 Å². The summed E-state index contributed by atoms with van der Waals surface area (Å²) in [4.78, 5) is 33.3. The molecule has 21 heavy (non-hydrogen) atoms. The van der Waals surface area contributed by atoms with Gasteiger partial charge >= 0.3 is 11.9 Å². The molecule has 9 heteroatoms. The van der Waals surface area contributed by atoms with Crippen molar-refractivity contribution >= 4 is 49.5 Å². The highest BCUT2D eigenvalue weighted by Crippen LogP contribution is 2.30. The van der Waals surface area contributed by atoms with Gasteiger partial charge in [0.1, 0.15) is 6.61 Å². The first-order valence-electron chi connectivity index (χ1n) is 5.74. The van der Waals surface area contributed by atoms with E-state index >= 15 is 0 Å². The molecule has 0 N–H and O–H groups in total. The largest absolute Gasteiger partial charge is 0.464 e. The number of hydrogen-bond donors (Lipinski definition) is 0. The average molecular weight is 425 g/mol. The maximum absolute atomic E-state index is 11.8. The van der Waals surface area contributed by atoms with Crippen LogP contribution in [0.1, 0.15) is 12.5 Å². The third kappa shape index (κ3) is 4.78. The molecule has 0 aromatic heterocycles. The zero-order chi connectivity index (χ0) is 16.0. The molecule has 0 amide bonds. The number of carbonyl (C=O) groups excluding carboxylic acids is 2. The van der Waals surface area contributed by atoms with Crippen molar-refractivity contribution in [3.63, 3.8) is 0 Å². The van der Waals surface area contributed by atoms with Gasteiger partial charge in [-0.15, -0.1) is 0 Å². The van der Waals surface area contributed by atoms with E-state index in [2.05, 4.69) is 31.9 Å². The number of nitro groups is 1. The summed E-state index contributed by atoms with van der Waals surface area (Å²) >= 11 is 5.79. The van der Waals surface area contributed by atoms with Crippen molar-refractivity contribution in [1.82, 2.24) is 0 Å². The molecule has 1 aromatic rings. The Balaban J connectivity index is 2.64. The summed E-state index contributed by atoms with van der Waals surface area (Å²) in [5.74, 6) is -1.70. The van der Waals surface area contributed by atoms with Crippen LogP contribution in [0, 0.1) is 10.1 Å². The van der Waals surface area contributed by atoms with Crippen molar-refractivity contribution in [2.75, 3.05) is 6.61 Å². The van der Waals surface area contributed by atoms with Crippen LogP contribution in [-0.4, -0.2) is 26.7 Å². The molecule has 7 nitrogen and oxygen atoms in total. The standard InChI is InChI=1S/C12H11Br2NO6/c1-2-20-10(16)12(13,14)11(17)21-7-8-3-5-9(6-4-8)15(18)19/h3-6H,2,7H2,1H3. The first-order valence-corrected chi connectivity index (χ1v) is 7.33. The van der Waals surface area contributed by atoms with E-state index in [-0.39, 0.29) is 18.9 Å². The fraction of sp³-hybridized carbons (Fsp3) is 0.333. The van der Waals surface area contributed by atoms with Crippen LogP contribution in [0.3, 0.4) is 0 Å². The normalized spacial score (nSPS) is 10.8. The number of hydrogen-bond acceptors (Lipinski definition) is 6. The number of carbonyl (C=O) groups is 2. The van der Waals surface area contributed by atoms with E-state index < -0.39 is 20.1 Å². The van der Waals surface area contributed by atoms with Gasteiger partial charge in [-0.3, -0.25) is 10.1 Å². The fourth-order valence-electron chi connectivity index (χ4n) is 1.26. The van der Waals surface area contributed by atoms with Crippen LogP contribution in [0.2, 0.25) is 0 Å². The summed E-state index contributed by atoms with van der Waals surface area (Å²) in [6, 6.07) is 5.51. The molecule has 0 heterocycles. The Labute approximate surface area is 137 Å². The second-order valence-electron chi connectivity index (χ2n) is 3.79. The second kappa shape index (κ2) is 7.51. The third-order valence-corrected chi connectivity index (χ3v) is 3.60. The maximum atomic E-state index is 11.8. The lowest BCUT2D eigenvalue weighted by atomic mass is 10.2. The van der Waals surface area contributed by atoms with Gasteiger partial charge in [-0.1, -0.05) is 0 Å². The fourth-order valence-corrected chi connectivity index (χ4v) is 1.72. The number of alkyl halides is 2. The second-order valence-corrected chi connectivity index (χ2v) is 7.24. The predicted molar refractivity (Wildman–Crippen MR) is 80.1 cm³/mol. The van der Waals surface area contributed by atoms with Crippen LogP contribution in [0.5, 0.6) is 0 Å². The average Bonchev–Trinajstić information content (AvgIpc) is 2.45. The van der Waals surface area contributed by atoms with E-state index in [0.717, 1.165) is 0 Å². The summed E-state index contributed by atoms with van der Waals surface area (Å²) in [5, 5.41) is 10.5. The Hall–Kier alpha value is -1.48. The number of nitro benzene ring substituents is 1. The van der Waals surface area contributed by atoms with Crippen molar-refractivity contribution in [3.8, 4) is 0 Å². The number of non-ortho nitro benzene ring substituents is 1. The van der Waals surface area contributed by atoms with E-state index in [1.54, 1.807) is 6.92 Å². The minimum Gasteiger partial charge on any atom is -0.464 e. The molecule has 0 saturated carbocycles. The quantitative estimate of drug-likeness (QED) is 0.229. The highest BCUT2D eigenvalue weighted by atomic mass is 79.9. The molecule has 0 spiro atoms. The lowest BCUT2D eigenvalue weighted by molar-refractivity contribution is -0.384. The van der Waals surface area contributed by atoms with E-state index in [4.69, 9.17) is 9.47 Å². The monoisotopic (exact) mass is 423 g/mol. The Kier molecular flexibility index (Phi) is 6.28. The van der Waals surface area contributed by atoms with E-state index in [1.807, 2.05) is 0 Å². The molecule has 114 valence electrons. The molecule has 0 aliphatic carbocycles. The van der Waals surface area contributed by atoms with Crippen LogP contribution in [0.15, 0.2) is 24.3 Å². The molecular weight excluding hydrogens is 414 g/mol. The molecule has 0 fully saturated rings. The van der Waals surface area contributed by atoms with Gasteiger partial charge in [0, 0.05) is 12.1 Å². The Morgan fingerprint density at radius 3 is 2.19 bits per heavy atom. The highest BCUT2D eigenvalue weighted by molar-refractivity contribution is 9.26. The van der Waals surface area contributed by atoms with Crippen molar-refractivity contribution < 1.29 is 24.0 Å². The number of esters is 2. The summed E-state index contributed by atoms with van der Waals surface area (Å²) in [6.45, 7) is 1.60. The van der Waals surface area contributed by atoms with Gasteiger partial charge in [0.2, 0.25) is 0 Å². The van der Waals surface area contributed by atoms with Crippen LogP contribution in [0.4, 0.5) is 5.69 Å². The molecular formula is C12H11Br2NO6. The Morgan fingerprint density at radius 2 is 1.71 bits per heavy atom. The zero-order valence-corrected chi connectivity index (χ0v) is 14.0. The molecule has 0 atom stereocenters. The highest BCUT2D eigenvalue weighted by Gasteiger charge is 2.44. The van der Waals surface area contributed by atoms with Crippen LogP contribution < -0.4 is 0 Å². The van der Waals surface area contributed by atoms with Crippen molar-refractivity contribution in [1.29, 1.82) is 0 Å². The summed E-state index contributed by atoms with van der Waals surface area (Å²) in [7, 11) is 0. The number of ether oxygens (including phenoxy) is 2. The van der Waals surface area contributed by atoms with Gasteiger partial charge in [0.25, 0.3) is 8.92 Å². The SMILES string of the molecule is CCOC(=O)C(Br)(Br)C(=O)OCc1ccc([N+](=O)[O-])cc1. The first-order chi connectivity index (χ1) is 9.78. The molecule has 0 bridgehead atoms. The van der Waals surface area contributed by atoms with E-state index in [9.17, 15) is 19.7 Å². The molecule has 0 saturated heterocycles. The van der Waals surface area contributed by atoms with Crippen molar-refractivity contribution in [2.45, 2.75) is 16.8 Å². The molecule has 1 rings (SSSR count). The number of nitrogens with zero attached hydrogens (tertiary/aromatic N) is 1. The summed E-state index contributed by atoms with van der Waals surface area (Å²) in [6.07, 6.45) is 0. The smallest absolute Gasteiger partial charge is 0.345 e. The topological polar surface area (TPSA) is 95.7 Å². The van der Waals surface area contributed by atoms with Gasteiger partial charge in [-0.25, -0.2) is 9.59 Å². The summed E-state index contributed by atoms with van der Waals surface area (Å²) < 4.78 is 7.90. The number of halogens is 2. The third-order valence-electron chi connectivity index (χ3n) is 2.31. The van der Waals surface area contributed by atoms with Crippen LogP contribution >= 0.6 is 31.9 Å². The molecule has 0 unspecified atom stereocenters. The van der Waals surface area contributed by atoms with Gasteiger partial charge < -0.3 is 9.47 Å². The Morgan fingerprint density at radius 1 is 1.19 bits per heavy atom. The minimum atomic E-state index is -1.77. The predicted octanol–water partition coefficient (Wildman–Crippen LogP) is 2.69. The van der Waals surface area contributed by atoms with Crippen molar-refractivity contribution in [2.24, 2.45) is 0 Å². The molecule has 0 aliphatic heterocycles. The first kappa shape index (κ1) is 17.6. The van der Waals surface area contributed by atoms with Gasteiger partial charge in [-0.05, 0) is 56.5 Å². The molecule has 0 aliphatic rings. The van der Waals surface area contributed by atoms with Gasteiger partial charge in [-0.2, -0.15) is 0 Å². The molecule has 0 radical (unpaired) electrons. The van der Waals surface area contributed by atoms with Crippen LogP contribution in [-0.2, 0) is 25.7 Å². The minimum absolute atomic E-state index is 0.0630. The lowest BCUT2D eigenvalue weighted by Crippen LogP contribution is -2.37. The lowest BCUT2D eigenvalue weighted by Gasteiger charge is -2.16.